The molecule has 1 aromatic carbocycles. The first-order chi connectivity index (χ1) is 12.5. The third-order valence-electron chi connectivity index (χ3n) is 3.72. The SMILES string of the molecule is CCCCCNc1cc(C(=O)Nc2ccc(C(=O)OC)cc2)nc(C)n1. The number of hydrogen-bond acceptors (Lipinski definition) is 6. The summed E-state index contributed by atoms with van der Waals surface area (Å²) in [6.07, 6.45) is 3.34. The number of nitrogens with zero attached hydrogens (tertiary/aromatic N) is 2. The first kappa shape index (κ1) is 19.4. The molecule has 0 saturated carbocycles. The minimum Gasteiger partial charge on any atom is -0.465 e. The third-order valence-corrected chi connectivity index (χ3v) is 3.72. The van der Waals surface area contributed by atoms with Crippen molar-refractivity contribution in [3.05, 3.63) is 47.4 Å². The lowest BCUT2D eigenvalue weighted by Gasteiger charge is -2.09. The first-order valence-electron chi connectivity index (χ1n) is 8.62. The van der Waals surface area contributed by atoms with Crippen LogP contribution >= 0.6 is 0 Å². The number of methoxy groups -OCH3 is 1. The zero-order valence-corrected chi connectivity index (χ0v) is 15.3. The second-order valence-corrected chi connectivity index (χ2v) is 5.84. The third kappa shape index (κ3) is 5.54. The van der Waals surface area contributed by atoms with E-state index in [2.05, 4.69) is 32.3 Å². The molecule has 0 fully saturated rings. The van der Waals surface area contributed by atoms with Crippen molar-refractivity contribution in [2.45, 2.75) is 33.1 Å². The normalized spacial score (nSPS) is 10.3. The number of amides is 1. The zero-order valence-electron chi connectivity index (χ0n) is 15.3. The van der Waals surface area contributed by atoms with Crippen molar-refractivity contribution in [1.29, 1.82) is 0 Å². The van der Waals surface area contributed by atoms with Crippen molar-refractivity contribution in [3.63, 3.8) is 0 Å². The second kappa shape index (κ2) is 9.50. The topological polar surface area (TPSA) is 93.2 Å². The van der Waals surface area contributed by atoms with Crippen molar-refractivity contribution in [3.8, 4) is 0 Å². The maximum Gasteiger partial charge on any atom is 0.337 e. The smallest absolute Gasteiger partial charge is 0.337 e. The predicted molar refractivity (Wildman–Crippen MR) is 101 cm³/mol. The number of anilines is 2. The van der Waals surface area contributed by atoms with E-state index in [9.17, 15) is 9.59 Å². The van der Waals surface area contributed by atoms with Crippen LogP contribution in [0.1, 0.15) is 52.9 Å². The number of hydrogen-bond donors (Lipinski definition) is 2. The average Bonchev–Trinajstić information content (AvgIpc) is 2.65. The Morgan fingerprint density at radius 1 is 1.12 bits per heavy atom. The van der Waals surface area contributed by atoms with E-state index in [1.807, 2.05) is 0 Å². The number of nitrogens with one attached hydrogen (secondary N) is 2. The lowest BCUT2D eigenvalue weighted by Crippen LogP contribution is -2.16. The molecular weight excluding hydrogens is 332 g/mol. The first-order valence-corrected chi connectivity index (χ1v) is 8.62. The Balaban J connectivity index is 2.04. The summed E-state index contributed by atoms with van der Waals surface area (Å²) in [5.41, 5.74) is 1.27. The quantitative estimate of drug-likeness (QED) is 0.556. The van der Waals surface area contributed by atoms with Gasteiger partial charge in [0, 0.05) is 18.3 Å². The van der Waals surface area contributed by atoms with Gasteiger partial charge >= 0.3 is 5.97 Å². The molecule has 0 aliphatic heterocycles. The van der Waals surface area contributed by atoms with Crippen LogP contribution in [0.25, 0.3) is 0 Å². The van der Waals surface area contributed by atoms with Crippen molar-refractivity contribution < 1.29 is 14.3 Å². The Bertz CT molecular complexity index is 760. The van der Waals surface area contributed by atoms with Crippen LogP contribution in [0.4, 0.5) is 11.5 Å². The van der Waals surface area contributed by atoms with Crippen molar-refractivity contribution >= 4 is 23.4 Å². The number of carbonyl (C=O) groups excluding carboxylic acids is 2. The molecular formula is C19H24N4O3. The van der Waals surface area contributed by atoms with E-state index in [0.717, 1.165) is 25.8 Å². The molecule has 0 radical (unpaired) electrons. The lowest BCUT2D eigenvalue weighted by molar-refractivity contribution is 0.0600. The van der Waals surface area contributed by atoms with Gasteiger partial charge in [-0.1, -0.05) is 19.8 Å². The summed E-state index contributed by atoms with van der Waals surface area (Å²) in [6, 6.07) is 8.10. The van der Waals surface area contributed by atoms with Crippen molar-refractivity contribution in [2.24, 2.45) is 0 Å². The molecule has 2 aromatic rings. The fraction of sp³-hybridized carbons (Fsp3) is 0.368. The molecule has 26 heavy (non-hydrogen) atoms. The van der Waals surface area contributed by atoms with E-state index >= 15 is 0 Å². The highest BCUT2D eigenvalue weighted by Gasteiger charge is 2.12. The average molecular weight is 356 g/mol. The van der Waals surface area contributed by atoms with Gasteiger partial charge in [-0.15, -0.1) is 0 Å². The van der Waals surface area contributed by atoms with Crippen molar-refractivity contribution in [2.75, 3.05) is 24.3 Å². The summed E-state index contributed by atoms with van der Waals surface area (Å²) in [5.74, 6) is 0.405. The molecule has 0 saturated heterocycles. The monoisotopic (exact) mass is 356 g/mol. The maximum absolute atomic E-state index is 12.4. The molecule has 1 amide bonds. The summed E-state index contributed by atoms with van der Waals surface area (Å²) in [6.45, 7) is 4.70. The Kier molecular flexibility index (Phi) is 7.08. The number of aryl methyl sites for hydroxylation is 1. The molecule has 0 atom stereocenters. The largest absolute Gasteiger partial charge is 0.465 e. The summed E-state index contributed by atoms with van der Waals surface area (Å²) in [5, 5.41) is 5.99. The van der Waals surface area contributed by atoms with Crippen LogP contribution in [0, 0.1) is 6.92 Å². The van der Waals surface area contributed by atoms with Crippen LogP contribution < -0.4 is 10.6 Å². The van der Waals surface area contributed by atoms with Gasteiger partial charge in [0.1, 0.15) is 17.3 Å². The van der Waals surface area contributed by atoms with Crippen LogP contribution in [0.3, 0.4) is 0 Å². The van der Waals surface area contributed by atoms with Gasteiger partial charge in [0.15, 0.2) is 0 Å². The van der Waals surface area contributed by atoms with E-state index in [1.165, 1.54) is 7.11 Å². The van der Waals surface area contributed by atoms with Crippen LogP contribution in [0.2, 0.25) is 0 Å². The number of carbonyl (C=O) groups is 2. The van der Waals surface area contributed by atoms with Gasteiger partial charge in [0.25, 0.3) is 5.91 Å². The number of benzene rings is 1. The Hall–Kier alpha value is -2.96. The summed E-state index contributed by atoms with van der Waals surface area (Å²) in [4.78, 5) is 32.4. The second-order valence-electron chi connectivity index (χ2n) is 5.84. The molecule has 0 unspecified atom stereocenters. The molecule has 0 bridgehead atoms. The summed E-state index contributed by atoms with van der Waals surface area (Å²) < 4.78 is 4.65. The maximum atomic E-state index is 12.4. The number of rotatable bonds is 8. The molecule has 138 valence electrons. The molecule has 0 spiro atoms. The van der Waals surface area contributed by atoms with Crippen molar-refractivity contribution in [1.82, 2.24) is 9.97 Å². The van der Waals surface area contributed by atoms with Crippen LogP contribution in [0.5, 0.6) is 0 Å². The van der Waals surface area contributed by atoms with E-state index in [4.69, 9.17) is 0 Å². The minimum atomic E-state index is -0.423. The van der Waals surface area contributed by atoms with Gasteiger partial charge < -0.3 is 15.4 Å². The number of unbranched alkanes of at least 4 members (excludes halogenated alkanes) is 2. The van der Waals surface area contributed by atoms with Gasteiger partial charge in [-0.25, -0.2) is 14.8 Å². The predicted octanol–water partition coefficient (Wildman–Crippen LogP) is 3.43. The van der Waals surface area contributed by atoms with E-state index in [-0.39, 0.29) is 11.6 Å². The fourth-order valence-corrected chi connectivity index (χ4v) is 2.37. The standard InChI is InChI=1S/C19H24N4O3/c1-4-5-6-11-20-17-12-16(21-13(2)22-17)18(24)23-15-9-7-14(8-10-15)19(25)26-3/h7-10,12H,4-6,11H2,1-3H3,(H,23,24)(H,20,21,22). The lowest BCUT2D eigenvalue weighted by atomic mass is 10.2. The Morgan fingerprint density at radius 3 is 2.50 bits per heavy atom. The molecule has 7 heteroatoms. The Morgan fingerprint density at radius 2 is 1.85 bits per heavy atom. The molecule has 7 nitrogen and oxygen atoms in total. The van der Waals surface area contributed by atoms with Crippen LogP contribution in [-0.2, 0) is 4.74 Å². The highest BCUT2D eigenvalue weighted by molar-refractivity contribution is 6.03. The highest BCUT2D eigenvalue weighted by Crippen LogP contribution is 2.13. The molecule has 2 rings (SSSR count). The summed E-state index contributed by atoms with van der Waals surface area (Å²) >= 11 is 0. The van der Waals surface area contributed by atoms with Gasteiger partial charge in [0.05, 0.1) is 12.7 Å². The van der Waals surface area contributed by atoms with E-state index in [0.29, 0.717) is 22.9 Å². The fourth-order valence-electron chi connectivity index (χ4n) is 2.37. The molecule has 1 heterocycles. The Labute approximate surface area is 153 Å². The zero-order chi connectivity index (χ0) is 18.9. The minimum absolute atomic E-state index is 0.285. The van der Waals surface area contributed by atoms with Gasteiger partial charge in [-0.3, -0.25) is 4.79 Å². The molecule has 1 aromatic heterocycles. The van der Waals surface area contributed by atoms with Gasteiger partial charge in [-0.05, 0) is 37.6 Å². The molecule has 2 N–H and O–H groups in total. The molecule has 0 aliphatic carbocycles. The van der Waals surface area contributed by atoms with Gasteiger partial charge in [-0.2, -0.15) is 0 Å². The summed E-state index contributed by atoms with van der Waals surface area (Å²) in [7, 11) is 1.32. The highest BCUT2D eigenvalue weighted by atomic mass is 16.5. The van der Waals surface area contributed by atoms with E-state index < -0.39 is 5.97 Å². The van der Waals surface area contributed by atoms with Crippen LogP contribution in [0.15, 0.2) is 30.3 Å². The number of aromatic nitrogens is 2. The number of ether oxygens (including phenoxy) is 1. The molecule has 0 aliphatic rings. The van der Waals surface area contributed by atoms with Gasteiger partial charge in [0.2, 0.25) is 0 Å². The van der Waals surface area contributed by atoms with E-state index in [1.54, 1.807) is 37.3 Å². The number of esters is 1. The van der Waals surface area contributed by atoms with Crippen LogP contribution in [-0.4, -0.2) is 35.5 Å².